The second kappa shape index (κ2) is 12.2. The molecule has 190 valence electrons. The maximum atomic E-state index is 12.7. The second-order valence-corrected chi connectivity index (χ2v) is 8.86. The highest BCUT2D eigenvalue weighted by molar-refractivity contribution is 5.79. The predicted octanol–water partition coefficient (Wildman–Crippen LogP) is 1.28. The molecule has 3 aliphatic rings. The smallest absolute Gasteiger partial charge is 0.312 e. The molecule has 0 radical (unpaired) electrons. The van der Waals surface area contributed by atoms with Crippen molar-refractivity contribution in [1.82, 2.24) is 24.6 Å². The molecule has 1 atom stereocenters. The number of anilines is 1. The minimum atomic E-state index is -0.304. The number of piperidine rings is 1. The summed E-state index contributed by atoms with van der Waals surface area (Å²) >= 11 is 0. The first-order valence-electron chi connectivity index (χ1n) is 11.6. The van der Waals surface area contributed by atoms with Crippen LogP contribution in [-0.4, -0.2) is 92.6 Å². The molecule has 0 amide bonds. The Labute approximate surface area is 203 Å². The normalized spacial score (nSPS) is 20.9. The van der Waals surface area contributed by atoms with Crippen molar-refractivity contribution in [3.8, 4) is 11.5 Å². The molecule has 0 bridgehead atoms. The molecular formula is C23H32N6O6. The molecule has 5 heterocycles. The van der Waals surface area contributed by atoms with E-state index in [1.807, 2.05) is 29.9 Å². The van der Waals surface area contributed by atoms with Crippen LogP contribution in [0.15, 0.2) is 24.5 Å². The molecule has 2 aromatic rings. The summed E-state index contributed by atoms with van der Waals surface area (Å²) in [6.45, 7) is 4.30. The van der Waals surface area contributed by atoms with Crippen molar-refractivity contribution in [3.05, 3.63) is 24.5 Å². The van der Waals surface area contributed by atoms with Crippen LogP contribution >= 0.6 is 0 Å². The standard InChI is InChI=1S/C21H28N6O2.2CH2O2/c1-25-13-8-22-19(25)17-4-5-18(24-23-17)27-11-6-21(7-12-27)14-16(29-20(21)28)15-26-9-2-3-10-26;2*2-1-3/h4-5,8,13,16H,2-3,6-7,9-12,14-15H2,1H3;2*1H,(H,2,3). The number of hydrogen-bond acceptors (Lipinski definition) is 9. The summed E-state index contributed by atoms with van der Waals surface area (Å²) in [5.41, 5.74) is 0.458. The van der Waals surface area contributed by atoms with Gasteiger partial charge in [0.1, 0.15) is 11.8 Å². The topological polar surface area (TPSA) is 151 Å². The third-order valence-corrected chi connectivity index (χ3v) is 6.73. The number of carbonyl (C=O) groups is 3. The van der Waals surface area contributed by atoms with Crippen molar-refractivity contribution in [3.63, 3.8) is 0 Å². The lowest BCUT2D eigenvalue weighted by atomic mass is 9.76. The summed E-state index contributed by atoms with van der Waals surface area (Å²) < 4.78 is 7.72. The largest absolute Gasteiger partial charge is 0.483 e. The molecular weight excluding hydrogens is 456 g/mol. The number of nitrogens with zero attached hydrogens (tertiary/aromatic N) is 6. The maximum absolute atomic E-state index is 12.7. The zero-order valence-corrected chi connectivity index (χ0v) is 19.8. The Morgan fingerprint density at radius 3 is 2.29 bits per heavy atom. The van der Waals surface area contributed by atoms with E-state index in [9.17, 15) is 4.79 Å². The molecule has 0 saturated carbocycles. The van der Waals surface area contributed by atoms with Crippen LogP contribution in [0.2, 0.25) is 0 Å². The molecule has 3 fully saturated rings. The molecule has 12 heteroatoms. The van der Waals surface area contributed by atoms with E-state index in [1.165, 1.54) is 12.8 Å². The third kappa shape index (κ3) is 6.32. The third-order valence-electron chi connectivity index (χ3n) is 6.73. The summed E-state index contributed by atoms with van der Waals surface area (Å²) in [5.74, 6) is 1.68. The number of rotatable bonds is 4. The maximum Gasteiger partial charge on any atom is 0.312 e. The summed E-state index contributed by atoms with van der Waals surface area (Å²) in [5, 5.41) is 22.6. The molecule has 0 aliphatic carbocycles. The van der Waals surface area contributed by atoms with E-state index in [1.54, 1.807) is 6.20 Å². The Bertz CT molecular complexity index is 961. The second-order valence-electron chi connectivity index (χ2n) is 8.86. The van der Waals surface area contributed by atoms with Crippen molar-refractivity contribution in [2.45, 2.75) is 38.2 Å². The van der Waals surface area contributed by atoms with Crippen LogP contribution in [0.1, 0.15) is 32.1 Å². The van der Waals surface area contributed by atoms with Gasteiger partial charge in [-0.1, -0.05) is 0 Å². The van der Waals surface area contributed by atoms with Gasteiger partial charge in [0.05, 0.1) is 5.41 Å². The average Bonchev–Trinajstić information content (AvgIpc) is 3.58. The average molecular weight is 489 g/mol. The highest BCUT2D eigenvalue weighted by Gasteiger charge is 2.50. The first-order valence-corrected chi connectivity index (χ1v) is 11.6. The number of aromatic nitrogens is 4. The van der Waals surface area contributed by atoms with Crippen molar-refractivity contribution >= 4 is 24.7 Å². The molecule has 3 aliphatic heterocycles. The van der Waals surface area contributed by atoms with Crippen LogP contribution in [0, 0.1) is 5.41 Å². The first kappa shape index (κ1) is 26.1. The lowest BCUT2D eigenvalue weighted by Gasteiger charge is -2.37. The van der Waals surface area contributed by atoms with Gasteiger partial charge >= 0.3 is 5.97 Å². The van der Waals surface area contributed by atoms with E-state index in [-0.39, 0.29) is 30.4 Å². The number of ether oxygens (including phenoxy) is 1. The van der Waals surface area contributed by atoms with Crippen molar-refractivity contribution in [2.75, 3.05) is 37.6 Å². The number of imidazole rings is 1. The number of esters is 1. The number of hydrogen-bond donors (Lipinski definition) is 2. The van der Waals surface area contributed by atoms with Crippen LogP contribution in [-0.2, 0) is 26.2 Å². The number of carboxylic acid groups (broad SMARTS) is 2. The lowest BCUT2D eigenvalue weighted by Crippen LogP contribution is -2.43. The van der Waals surface area contributed by atoms with E-state index >= 15 is 0 Å². The zero-order valence-electron chi connectivity index (χ0n) is 19.8. The van der Waals surface area contributed by atoms with Gasteiger partial charge in [-0.05, 0) is 50.9 Å². The number of carbonyl (C=O) groups excluding carboxylic acids is 1. The van der Waals surface area contributed by atoms with Crippen molar-refractivity contribution in [2.24, 2.45) is 12.5 Å². The van der Waals surface area contributed by atoms with Crippen molar-refractivity contribution in [1.29, 1.82) is 0 Å². The van der Waals surface area contributed by atoms with E-state index in [4.69, 9.17) is 24.5 Å². The number of aryl methyl sites for hydroxylation is 1. The molecule has 5 rings (SSSR count). The van der Waals surface area contributed by atoms with Gasteiger partial charge in [-0.25, -0.2) is 4.98 Å². The minimum absolute atomic E-state index is 0.0116. The fourth-order valence-corrected chi connectivity index (χ4v) is 4.99. The molecule has 0 aromatic carbocycles. The SMILES string of the molecule is Cn1ccnc1-c1ccc(N2CCC3(CC2)CC(CN2CCCC2)OC3=O)nn1.O=CO.O=CO. The molecule has 2 N–H and O–H groups in total. The Kier molecular flexibility index (Phi) is 9.12. The van der Waals surface area contributed by atoms with E-state index in [0.29, 0.717) is 0 Å². The van der Waals surface area contributed by atoms with E-state index in [0.717, 1.165) is 69.3 Å². The van der Waals surface area contributed by atoms with Crippen LogP contribution in [0.3, 0.4) is 0 Å². The van der Waals surface area contributed by atoms with Crippen LogP contribution in [0.25, 0.3) is 11.5 Å². The van der Waals surface area contributed by atoms with Gasteiger partial charge in [-0.3, -0.25) is 19.3 Å². The van der Waals surface area contributed by atoms with Gasteiger partial charge in [0.15, 0.2) is 11.6 Å². The molecule has 12 nitrogen and oxygen atoms in total. The Balaban J connectivity index is 0.000000520. The van der Waals surface area contributed by atoms with Crippen LogP contribution < -0.4 is 4.90 Å². The quantitative estimate of drug-likeness (QED) is 0.473. The lowest BCUT2D eigenvalue weighted by molar-refractivity contribution is -0.150. The number of likely N-dealkylation sites (tertiary alicyclic amines) is 1. The van der Waals surface area contributed by atoms with E-state index in [2.05, 4.69) is 25.0 Å². The van der Waals surface area contributed by atoms with Gasteiger partial charge in [0, 0.05) is 45.5 Å². The van der Waals surface area contributed by atoms with Crippen LogP contribution in [0.5, 0.6) is 0 Å². The summed E-state index contributed by atoms with van der Waals surface area (Å²) in [6, 6.07) is 3.96. The van der Waals surface area contributed by atoms with Gasteiger partial charge in [-0.2, -0.15) is 0 Å². The zero-order chi connectivity index (χ0) is 25.3. The highest BCUT2D eigenvalue weighted by Crippen LogP contribution is 2.44. The summed E-state index contributed by atoms with van der Waals surface area (Å²) in [4.78, 5) is 38.4. The molecule has 35 heavy (non-hydrogen) atoms. The Morgan fingerprint density at radius 2 is 1.74 bits per heavy atom. The molecule has 1 unspecified atom stereocenters. The molecule has 3 saturated heterocycles. The predicted molar refractivity (Wildman–Crippen MR) is 126 cm³/mol. The summed E-state index contributed by atoms with van der Waals surface area (Å²) in [6.07, 6.45) is 8.75. The fourth-order valence-electron chi connectivity index (χ4n) is 4.99. The van der Waals surface area contributed by atoms with Gasteiger partial charge in [-0.15, -0.1) is 10.2 Å². The summed E-state index contributed by atoms with van der Waals surface area (Å²) in [7, 11) is 1.94. The van der Waals surface area contributed by atoms with Gasteiger partial charge in [0.2, 0.25) is 0 Å². The van der Waals surface area contributed by atoms with Gasteiger partial charge in [0.25, 0.3) is 12.9 Å². The number of cyclic esters (lactones) is 1. The minimum Gasteiger partial charge on any atom is -0.483 e. The van der Waals surface area contributed by atoms with E-state index < -0.39 is 0 Å². The van der Waals surface area contributed by atoms with Crippen molar-refractivity contribution < 1.29 is 29.3 Å². The highest BCUT2D eigenvalue weighted by atomic mass is 16.6. The molecule has 2 aromatic heterocycles. The monoisotopic (exact) mass is 488 g/mol. The Hall–Kier alpha value is -3.54. The first-order chi connectivity index (χ1) is 17.0. The molecule has 1 spiro atoms. The Morgan fingerprint density at radius 1 is 1.09 bits per heavy atom. The fraction of sp³-hybridized carbons (Fsp3) is 0.565. The van der Waals surface area contributed by atoms with Crippen LogP contribution in [0.4, 0.5) is 5.82 Å². The van der Waals surface area contributed by atoms with Gasteiger partial charge < -0.3 is 24.4 Å².